The van der Waals surface area contributed by atoms with Crippen molar-refractivity contribution in [1.82, 2.24) is 19.7 Å². The lowest BCUT2D eigenvalue weighted by Crippen LogP contribution is -2.22. The third kappa shape index (κ3) is 4.77. The van der Waals surface area contributed by atoms with E-state index in [1.165, 1.54) is 23.1 Å². The minimum absolute atomic E-state index is 0.129. The van der Waals surface area contributed by atoms with Gasteiger partial charge in [-0.1, -0.05) is 29.4 Å². The molecule has 1 aromatic carbocycles. The van der Waals surface area contributed by atoms with Crippen molar-refractivity contribution in [3.8, 4) is 11.4 Å². The van der Waals surface area contributed by atoms with Crippen LogP contribution in [0.25, 0.3) is 11.4 Å². The monoisotopic (exact) mass is 419 g/mol. The maximum atomic E-state index is 12.5. The standard InChI is InChI=1S/C18H18ClN5OS2/c1-4-9-24-15(13-5-7-14(19)8-6-13)22-23-18(24)27-12(3)16(25)21-17-20-11(2)10-26-17/h4-8,10,12H,1,9H2,2-3H3,(H,20,21,25)/t12-/m0/s1. The Balaban J connectivity index is 1.78. The lowest BCUT2D eigenvalue weighted by molar-refractivity contribution is -0.115. The van der Waals surface area contributed by atoms with Crippen LogP contribution in [0.2, 0.25) is 5.02 Å². The number of allylic oxidation sites excluding steroid dienone is 1. The summed E-state index contributed by atoms with van der Waals surface area (Å²) >= 11 is 8.71. The number of aromatic nitrogens is 4. The maximum Gasteiger partial charge on any atom is 0.239 e. The van der Waals surface area contributed by atoms with Gasteiger partial charge in [0.2, 0.25) is 5.91 Å². The zero-order valence-corrected chi connectivity index (χ0v) is 17.2. The van der Waals surface area contributed by atoms with Crippen LogP contribution < -0.4 is 5.32 Å². The summed E-state index contributed by atoms with van der Waals surface area (Å²) in [6, 6.07) is 7.40. The number of nitrogens with one attached hydrogen (secondary N) is 1. The second kappa shape index (κ2) is 8.69. The summed E-state index contributed by atoms with van der Waals surface area (Å²) in [5, 5.41) is 14.8. The van der Waals surface area contributed by atoms with Crippen LogP contribution in [0.15, 0.2) is 47.5 Å². The highest BCUT2D eigenvalue weighted by Gasteiger charge is 2.21. The minimum atomic E-state index is -0.361. The molecule has 0 aliphatic heterocycles. The fraction of sp³-hybridized carbons (Fsp3) is 0.222. The predicted molar refractivity (Wildman–Crippen MR) is 111 cm³/mol. The first kappa shape index (κ1) is 19.6. The molecule has 0 unspecified atom stereocenters. The molecule has 3 aromatic rings. The predicted octanol–water partition coefficient (Wildman–Crippen LogP) is 4.67. The van der Waals surface area contributed by atoms with E-state index in [2.05, 4.69) is 27.1 Å². The van der Waals surface area contributed by atoms with Crippen molar-refractivity contribution < 1.29 is 4.79 Å². The van der Waals surface area contributed by atoms with Gasteiger partial charge in [0, 0.05) is 22.5 Å². The lowest BCUT2D eigenvalue weighted by atomic mass is 10.2. The number of hydrogen-bond donors (Lipinski definition) is 1. The molecule has 2 aromatic heterocycles. The fourth-order valence-corrected chi connectivity index (χ4v) is 3.99. The Morgan fingerprint density at radius 3 is 2.78 bits per heavy atom. The van der Waals surface area contributed by atoms with Crippen LogP contribution in [-0.4, -0.2) is 30.9 Å². The van der Waals surface area contributed by atoms with Crippen LogP contribution in [0.1, 0.15) is 12.6 Å². The summed E-state index contributed by atoms with van der Waals surface area (Å²) in [7, 11) is 0. The van der Waals surface area contributed by atoms with Gasteiger partial charge in [0.1, 0.15) is 0 Å². The van der Waals surface area contributed by atoms with Gasteiger partial charge < -0.3 is 5.32 Å². The van der Waals surface area contributed by atoms with E-state index in [4.69, 9.17) is 11.6 Å². The van der Waals surface area contributed by atoms with Gasteiger partial charge in [-0.3, -0.25) is 9.36 Å². The summed E-state index contributed by atoms with van der Waals surface area (Å²) < 4.78 is 1.93. The molecule has 0 saturated heterocycles. The number of aryl methyl sites for hydroxylation is 1. The number of hydrogen-bond acceptors (Lipinski definition) is 6. The van der Waals surface area contributed by atoms with E-state index in [0.717, 1.165) is 11.3 Å². The Hall–Kier alpha value is -2.16. The Bertz CT molecular complexity index is 951. The number of carbonyl (C=O) groups excluding carboxylic acids is 1. The second-order valence-corrected chi connectivity index (χ2v) is 8.36. The molecule has 0 radical (unpaired) electrons. The van der Waals surface area contributed by atoms with Crippen LogP contribution in [0.3, 0.4) is 0 Å². The third-order valence-corrected chi connectivity index (χ3v) is 5.84. The molecule has 1 N–H and O–H groups in total. The number of rotatable bonds is 7. The fourth-order valence-electron chi connectivity index (χ4n) is 2.31. The number of benzene rings is 1. The Labute approximate surface area is 170 Å². The van der Waals surface area contributed by atoms with E-state index in [1.807, 2.05) is 48.1 Å². The molecule has 0 aliphatic rings. The topological polar surface area (TPSA) is 72.7 Å². The molecule has 0 saturated carbocycles. The highest BCUT2D eigenvalue weighted by molar-refractivity contribution is 8.00. The summed E-state index contributed by atoms with van der Waals surface area (Å²) in [6.45, 7) is 8.06. The first-order chi connectivity index (χ1) is 13.0. The van der Waals surface area contributed by atoms with Crippen molar-refractivity contribution in [2.75, 3.05) is 5.32 Å². The van der Waals surface area contributed by atoms with Crippen LogP contribution in [-0.2, 0) is 11.3 Å². The number of halogens is 1. The Kier molecular flexibility index (Phi) is 6.30. The molecular formula is C18H18ClN5OS2. The second-order valence-electron chi connectivity index (χ2n) is 5.76. The summed E-state index contributed by atoms with van der Waals surface area (Å²) in [5.74, 6) is 0.577. The maximum absolute atomic E-state index is 12.5. The molecule has 0 aliphatic carbocycles. The number of carbonyl (C=O) groups is 1. The van der Waals surface area contributed by atoms with Crippen LogP contribution >= 0.6 is 34.7 Å². The van der Waals surface area contributed by atoms with Crippen molar-refractivity contribution >= 4 is 45.7 Å². The van der Waals surface area contributed by atoms with E-state index in [1.54, 1.807) is 6.08 Å². The molecule has 3 rings (SSSR count). The molecule has 140 valence electrons. The van der Waals surface area contributed by atoms with Gasteiger partial charge in [0.25, 0.3) is 0 Å². The number of anilines is 1. The van der Waals surface area contributed by atoms with Crippen LogP contribution in [0, 0.1) is 6.92 Å². The van der Waals surface area contributed by atoms with Crippen molar-refractivity contribution in [2.45, 2.75) is 30.8 Å². The smallest absolute Gasteiger partial charge is 0.239 e. The van der Waals surface area contributed by atoms with Gasteiger partial charge in [0.05, 0.1) is 10.9 Å². The number of amides is 1. The number of thioether (sulfide) groups is 1. The highest BCUT2D eigenvalue weighted by atomic mass is 35.5. The van der Waals surface area contributed by atoms with E-state index in [9.17, 15) is 4.79 Å². The quantitative estimate of drug-likeness (QED) is 0.445. The van der Waals surface area contributed by atoms with Crippen molar-refractivity contribution in [2.24, 2.45) is 0 Å². The largest absolute Gasteiger partial charge is 0.301 e. The van der Waals surface area contributed by atoms with Crippen molar-refractivity contribution in [3.05, 3.63) is 53.0 Å². The van der Waals surface area contributed by atoms with Crippen molar-refractivity contribution in [1.29, 1.82) is 0 Å². The number of thiazole rings is 1. The van der Waals surface area contributed by atoms with Gasteiger partial charge in [-0.25, -0.2) is 4.98 Å². The zero-order valence-electron chi connectivity index (χ0n) is 14.8. The molecule has 27 heavy (non-hydrogen) atoms. The summed E-state index contributed by atoms with van der Waals surface area (Å²) in [5.41, 5.74) is 1.78. The highest BCUT2D eigenvalue weighted by Crippen LogP contribution is 2.28. The SMILES string of the molecule is C=CCn1c(S[C@@H](C)C(=O)Nc2nc(C)cs2)nnc1-c1ccc(Cl)cc1. The van der Waals surface area contributed by atoms with Gasteiger partial charge in [0.15, 0.2) is 16.1 Å². The molecule has 9 heteroatoms. The molecule has 1 atom stereocenters. The lowest BCUT2D eigenvalue weighted by Gasteiger charge is -2.12. The van der Waals surface area contributed by atoms with Gasteiger partial charge in [-0.15, -0.1) is 28.1 Å². The first-order valence-electron chi connectivity index (χ1n) is 8.17. The molecule has 2 heterocycles. The first-order valence-corrected chi connectivity index (χ1v) is 10.3. The van der Waals surface area contributed by atoms with Gasteiger partial charge in [-0.05, 0) is 38.1 Å². The molecule has 0 bridgehead atoms. The van der Waals surface area contributed by atoms with Crippen LogP contribution in [0.5, 0.6) is 0 Å². The Morgan fingerprint density at radius 2 is 2.15 bits per heavy atom. The van der Waals surface area contributed by atoms with Crippen molar-refractivity contribution in [3.63, 3.8) is 0 Å². The van der Waals surface area contributed by atoms with Crippen LogP contribution in [0.4, 0.5) is 5.13 Å². The Morgan fingerprint density at radius 1 is 1.41 bits per heavy atom. The summed E-state index contributed by atoms with van der Waals surface area (Å²) in [4.78, 5) is 16.7. The molecule has 6 nitrogen and oxygen atoms in total. The van der Waals surface area contributed by atoms with E-state index < -0.39 is 0 Å². The van der Waals surface area contributed by atoms with Gasteiger partial charge >= 0.3 is 0 Å². The number of nitrogens with zero attached hydrogens (tertiary/aromatic N) is 4. The molecular weight excluding hydrogens is 402 g/mol. The normalized spacial score (nSPS) is 12.0. The zero-order chi connectivity index (χ0) is 19.4. The van der Waals surface area contributed by atoms with E-state index in [0.29, 0.717) is 27.7 Å². The summed E-state index contributed by atoms with van der Waals surface area (Å²) in [6.07, 6.45) is 1.77. The van der Waals surface area contributed by atoms with Gasteiger partial charge in [-0.2, -0.15) is 0 Å². The third-order valence-electron chi connectivity index (χ3n) is 3.63. The minimum Gasteiger partial charge on any atom is -0.301 e. The molecule has 0 spiro atoms. The molecule has 0 fully saturated rings. The molecule has 1 amide bonds. The van der Waals surface area contributed by atoms with E-state index >= 15 is 0 Å². The van der Waals surface area contributed by atoms with E-state index in [-0.39, 0.29) is 11.2 Å². The average Bonchev–Trinajstić information content (AvgIpc) is 3.22. The average molecular weight is 420 g/mol.